The van der Waals surface area contributed by atoms with Gasteiger partial charge in [-0.05, 0) is 36.5 Å². The lowest BCUT2D eigenvalue weighted by Crippen LogP contribution is -2.36. The average molecular weight is 311 g/mol. The number of benzene rings is 1. The predicted molar refractivity (Wildman–Crippen MR) is 87.1 cm³/mol. The molecule has 1 N–H and O–H groups in total. The molecule has 0 saturated heterocycles. The van der Waals surface area contributed by atoms with Crippen LogP contribution in [-0.4, -0.2) is 23.1 Å². The number of ether oxygens (including phenoxy) is 2. The van der Waals surface area contributed by atoms with Crippen molar-refractivity contribution in [2.24, 2.45) is 5.92 Å². The van der Waals surface area contributed by atoms with Crippen molar-refractivity contribution < 1.29 is 9.47 Å². The van der Waals surface area contributed by atoms with Crippen LogP contribution in [0.2, 0.25) is 0 Å². The molecule has 120 valence electrons. The Labute approximate surface area is 135 Å². The van der Waals surface area contributed by atoms with Crippen molar-refractivity contribution >= 4 is 5.82 Å². The summed E-state index contributed by atoms with van der Waals surface area (Å²) in [6, 6.07) is 8.61. The monoisotopic (exact) mass is 311 g/mol. The van der Waals surface area contributed by atoms with Crippen LogP contribution in [0.3, 0.4) is 0 Å². The van der Waals surface area contributed by atoms with Crippen LogP contribution in [0.5, 0.6) is 11.5 Å². The van der Waals surface area contributed by atoms with E-state index in [0.717, 1.165) is 43.2 Å². The number of rotatable bonds is 2. The molecule has 1 atom stereocenters. The van der Waals surface area contributed by atoms with Crippen molar-refractivity contribution in [2.75, 3.05) is 18.7 Å². The Morgan fingerprint density at radius 1 is 1.22 bits per heavy atom. The first-order valence-electron chi connectivity index (χ1n) is 8.47. The molecule has 0 bridgehead atoms. The number of anilines is 1. The smallest absolute Gasteiger partial charge is 0.231 e. The molecule has 0 spiro atoms. The number of hydrogen-bond donors (Lipinski definition) is 1. The van der Waals surface area contributed by atoms with E-state index < -0.39 is 0 Å². The fourth-order valence-electron chi connectivity index (χ4n) is 3.99. The molecule has 1 aromatic heterocycles. The van der Waals surface area contributed by atoms with E-state index in [-0.39, 0.29) is 5.41 Å². The van der Waals surface area contributed by atoms with E-state index in [0.29, 0.717) is 12.7 Å². The third-order valence-electron chi connectivity index (χ3n) is 5.52. The van der Waals surface area contributed by atoms with Crippen LogP contribution in [0.1, 0.15) is 37.4 Å². The molecule has 1 aromatic carbocycles. The van der Waals surface area contributed by atoms with E-state index in [4.69, 9.17) is 14.6 Å². The maximum absolute atomic E-state index is 5.57. The van der Waals surface area contributed by atoms with E-state index in [9.17, 15) is 0 Å². The maximum atomic E-state index is 5.57. The minimum Gasteiger partial charge on any atom is -0.454 e. The molecule has 23 heavy (non-hydrogen) atoms. The van der Waals surface area contributed by atoms with Crippen LogP contribution < -0.4 is 14.8 Å². The van der Waals surface area contributed by atoms with Crippen LogP contribution in [0, 0.1) is 5.92 Å². The van der Waals surface area contributed by atoms with Gasteiger partial charge in [-0.25, -0.2) is 4.68 Å². The van der Waals surface area contributed by atoms with E-state index >= 15 is 0 Å². The Hall–Kier alpha value is -2.17. The summed E-state index contributed by atoms with van der Waals surface area (Å²) in [5.74, 6) is 3.50. The van der Waals surface area contributed by atoms with Gasteiger partial charge in [-0.3, -0.25) is 0 Å². The first kappa shape index (κ1) is 13.3. The van der Waals surface area contributed by atoms with Crippen molar-refractivity contribution in [3.8, 4) is 11.5 Å². The van der Waals surface area contributed by atoms with Crippen LogP contribution in [-0.2, 0) is 12.0 Å². The fourth-order valence-corrected chi connectivity index (χ4v) is 3.99. The first-order valence-corrected chi connectivity index (χ1v) is 8.47. The van der Waals surface area contributed by atoms with Gasteiger partial charge in [-0.2, -0.15) is 5.10 Å². The lowest BCUT2D eigenvalue weighted by Gasteiger charge is -2.41. The molecule has 1 aliphatic carbocycles. The zero-order chi connectivity index (χ0) is 15.4. The highest BCUT2D eigenvalue weighted by atomic mass is 16.7. The summed E-state index contributed by atoms with van der Waals surface area (Å²) >= 11 is 0. The Bertz CT molecular complexity index is 764. The van der Waals surface area contributed by atoms with Crippen molar-refractivity contribution in [3.05, 3.63) is 35.5 Å². The Kier molecular flexibility index (Phi) is 2.69. The molecule has 3 aliphatic rings. The van der Waals surface area contributed by atoms with E-state index in [1.807, 2.05) is 6.07 Å². The number of hydrogen-bond acceptors (Lipinski definition) is 4. The third-order valence-corrected chi connectivity index (χ3v) is 5.52. The van der Waals surface area contributed by atoms with Crippen LogP contribution in [0.15, 0.2) is 24.3 Å². The molecule has 1 saturated carbocycles. The van der Waals surface area contributed by atoms with Gasteiger partial charge in [-0.1, -0.05) is 19.4 Å². The Morgan fingerprint density at radius 3 is 2.91 bits per heavy atom. The molecular formula is C18H21N3O2. The minimum absolute atomic E-state index is 0.0379. The van der Waals surface area contributed by atoms with Gasteiger partial charge in [0.15, 0.2) is 11.5 Å². The summed E-state index contributed by atoms with van der Waals surface area (Å²) in [5.41, 5.74) is 2.53. The second-order valence-corrected chi connectivity index (χ2v) is 7.09. The lowest BCUT2D eigenvalue weighted by molar-refractivity contribution is 0.173. The minimum atomic E-state index is 0.0379. The summed E-state index contributed by atoms with van der Waals surface area (Å²) < 4.78 is 13.2. The summed E-state index contributed by atoms with van der Waals surface area (Å²) in [4.78, 5) is 0. The zero-order valence-electron chi connectivity index (χ0n) is 13.3. The molecule has 0 radical (unpaired) electrons. The van der Waals surface area contributed by atoms with Crippen LogP contribution in [0.25, 0.3) is 0 Å². The van der Waals surface area contributed by atoms with Gasteiger partial charge in [0.2, 0.25) is 6.79 Å². The van der Waals surface area contributed by atoms with Crippen LogP contribution >= 0.6 is 0 Å². The van der Waals surface area contributed by atoms with Crippen molar-refractivity contribution in [3.63, 3.8) is 0 Å². The third kappa shape index (κ3) is 1.89. The van der Waals surface area contributed by atoms with Crippen molar-refractivity contribution in [1.29, 1.82) is 0 Å². The summed E-state index contributed by atoms with van der Waals surface area (Å²) in [7, 11) is 0. The fraction of sp³-hybridized carbons (Fsp3) is 0.500. The largest absolute Gasteiger partial charge is 0.454 e. The van der Waals surface area contributed by atoms with Crippen LogP contribution in [0.4, 0.5) is 5.82 Å². The highest BCUT2D eigenvalue weighted by molar-refractivity contribution is 5.52. The number of aromatic nitrogens is 2. The maximum Gasteiger partial charge on any atom is 0.231 e. The molecule has 1 fully saturated rings. The van der Waals surface area contributed by atoms with Crippen molar-refractivity contribution in [1.82, 2.24) is 9.78 Å². The Morgan fingerprint density at radius 2 is 2.09 bits per heavy atom. The van der Waals surface area contributed by atoms with Gasteiger partial charge in [0, 0.05) is 24.6 Å². The predicted octanol–water partition coefficient (Wildman–Crippen LogP) is 3.14. The highest BCUT2D eigenvalue weighted by Crippen LogP contribution is 2.51. The van der Waals surface area contributed by atoms with E-state index in [1.165, 1.54) is 17.7 Å². The highest BCUT2D eigenvalue weighted by Gasteiger charge is 2.43. The van der Waals surface area contributed by atoms with Gasteiger partial charge < -0.3 is 14.8 Å². The molecule has 5 nitrogen and oxygen atoms in total. The number of nitrogens with zero attached hydrogens (tertiary/aromatic N) is 2. The van der Waals surface area contributed by atoms with Gasteiger partial charge in [0.25, 0.3) is 0 Å². The normalized spacial score (nSPS) is 23.8. The molecular weight excluding hydrogens is 290 g/mol. The van der Waals surface area contributed by atoms with Gasteiger partial charge in [0.05, 0.1) is 5.69 Å². The summed E-state index contributed by atoms with van der Waals surface area (Å²) in [5, 5.41) is 8.45. The summed E-state index contributed by atoms with van der Waals surface area (Å²) in [6.07, 6.45) is 3.55. The lowest BCUT2D eigenvalue weighted by atomic mass is 9.62. The average Bonchev–Trinajstić information content (AvgIpc) is 3.11. The summed E-state index contributed by atoms with van der Waals surface area (Å²) in [6.45, 7) is 4.61. The first-order chi connectivity index (χ1) is 11.2. The molecule has 0 amide bonds. The molecule has 3 heterocycles. The van der Waals surface area contributed by atoms with Gasteiger partial charge in [-0.15, -0.1) is 0 Å². The number of fused-ring (bicyclic) bond motifs is 2. The van der Waals surface area contributed by atoms with Gasteiger partial charge in [0.1, 0.15) is 5.82 Å². The molecule has 1 unspecified atom stereocenters. The molecule has 2 aromatic rings. The number of nitrogens with one attached hydrogen (secondary N) is 1. The van der Waals surface area contributed by atoms with Crippen molar-refractivity contribution in [2.45, 2.75) is 38.1 Å². The standard InChI is InChI=1S/C18H21N3O2/c1-12-9-19-17-8-16(20-21(17)10-12)18(5-2-6-18)13-3-4-14-15(7-13)23-11-22-14/h3-4,7-8,12,19H,2,5-6,9-11H2,1H3. The molecule has 2 aliphatic heterocycles. The second-order valence-electron chi connectivity index (χ2n) is 7.09. The molecule has 5 heteroatoms. The van der Waals surface area contributed by atoms with E-state index in [1.54, 1.807) is 0 Å². The SMILES string of the molecule is CC1CNc2cc(C3(c4ccc5c(c4)OCO5)CCC3)nn2C1. The quantitative estimate of drug-likeness (QED) is 0.925. The van der Waals surface area contributed by atoms with E-state index in [2.05, 4.69) is 35.1 Å². The van der Waals surface area contributed by atoms with Gasteiger partial charge >= 0.3 is 0 Å². The molecule has 5 rings (SSSR count). The second kappa shape index (κ2) is 4.66. The Balaban J connectivity index is 1.57. The topological polar surface area (TPSA) is 48.3 Å². The zero-order valence-corrected chi connectivity index (χ0v) is 13.3.